The topological polar surface area (TPSA) is 95.5 Å². The molecule has 1 aliphatic heterocycles. The van der Waals surface area contributed by atoms with Crippen molar-refractivity contribution in [2.75, 3.05) is 26.2 Å². The zero-order valence-corrected chi connectivity index (χ0v) is 12.7. The molecule has 0 bridgehead atoms. The smallest absolute Gasteiger partial charge is 0.241 e. The highest BCUT2D eigenvalue weighted by atomic mass is 32.2. The van der Waals surface area contributed by atoms with E-state index in [4.69, 9.17) is 0 Å². The molecule has 0 saturated carbocycles. The van der Waals surface area contributed by atoms with Crippen molar-refractivity contribution in [1.29, 1.82) is 0 Å². The van der Waals surface area contributed by atoms with Gasteiger partial charge >= 0.3 is 0 Å². The molecule has 0 unspecified atom stereocenters. The van der Waals surface area contributed by atoms with E-state index in [0.29, 0.717) is 11.9 Å². The molecule has 1 aromatic heterocycles. The van der Waals surface area contributed by atoms with Crippen LogP contribution in [-0.2, 0) is 10.0 Å². The molecule has 116 valence electrons. The van der Waals surface area contributed by atoms with Crippen LogP contribution in [0.1, 0.15) is 0 Å². The Balaban J connectivity index is 1.69. The normalized spacial score (nSPS) is 14.6. The summed E-state index contributed by atoms with van der Waals surface area (Å²) in [4.78, 5) is 8.46. The summed E-state index contributed by atoms with van der Waals surface area (Å²) in [6.45, 7) is 2.32. The first kappa shape index (κ1) is 14.7. The van der Waals surface area contributed by atoms with Crippen molar-refractivity contribution in [1.82, 2.24) is 20.3 Å². The highest BCUT2D eigenvalue weighted by Gasteiger charge is 2.16. The Kier molecular flexibility index (Phi) is 4.21. The second-order valence-electron chi connectivity index (χ2n) is 4.83. The van der Waals surface area contributed by atoms with Crippen LogP contribution >= 0.6 is 0 Å². The molecule has 0 spiro atoms. The average Bonchev–Trinajstić information content (AvgIpc) is 3.04. The molecular formula is C14H17N5O2S. The first-order chi connectivity index (χ1) is 10.7. The first-order valence-electron chi connectivity index (χ1n) is 7.01. The maximum absolute atomic E-state index is 12.4. The number of aromatic nitrogens is 1. The summed E-state index contributed by atoms with van der Waals surface area (Å²) in [6, 6.07) is 6.86. The number of nitrogens with zero attached hydrogens (tertiary/aromatic N) is 2. The number of guanidine groups is 1. The Morgan fingerprint density at radius 3 is 2.95 bits per heavy atom. The SMILES string of the molecule is O=S(=O)(NCCNC1=NCCN1)c1cccc2cnccc12. The molecule has 0 saturated heterocycles. The van der Waals surface area contributed by atoms with Crippen LogP contribution in [0.15, 0.2) is 46.5 Å². The van der Waals surface area contributed by atoms with Gasteiger partial charge in [0.15, 0.2) is 5.96 Å². The number of nitrogens with one attached hydrogen (secondary N) is 3. The van der Waals surface area contributed by atoms with Crippen LogP contribution in [0, 0.1) is 0 Å². The van der Waals surface area contributed by atoms with Gasteiger partial charge in [0.25, 0.3) is 0 Å². The van der Waals surface area contributed by atoms with Crippen LogP contribution in [0.25, 0.3) is 10.8 Å². The van der Waals surface area contributed by atoms with Crippen LogP contribution < -0.4 is 15.4 Å². The van der Waals surface area contributed by atoms with Gasteiger partial charge in [0.2, 0.25) is 10.0 Å². The molecule has 0 atom stereocenters. The molecule has 8 heteroatoms. The van der Waals surface area contributed by atoms with Crippen molar-refractivity contribution in [3.05, 3.63) is 36.7 Å². The van der Waals surface area contributed by atoms with Crippen molar-refractivity contribution < 1.29 is 8.42 Å². The molecule has 2 heterocycles. The Morgan fingerprint density at radius 2 is 2.14 bits per heavy atom. The highest BCUT2D eigenvalue weighted by molar-refractivity contribution is 7.89. The second-order valence-corrected chi connectivity index (χ2v) is 6.57. The lowest BCUT2D eigenvalue weighted by atomic mass is 10.2. The number of fused-ring (bicyclic) bond motifs is 1. The fourth-order valence-corrected chi connectivity index (χ4v) is 3.55. The molecule has 22 heavy (non-hydrogen) atoms. The number of rotatable bonds is 5. The summed E-state index contributed by atoms with van der Waals surface area (Å²) in [7, 11) is -3.56. The Hall–Kier alpha value is -2.19. The van der Waals surface area contributed by atoms with E-state index in [1.165, 1.54) is 0 Å². The van der Waals surface area contributed by atoms with Crippen LogP contribution in [0.5, 0.6) is 0 Å². The monoisotopic (exact) mass is 319 g/mol. The third-order valence-electron chi connectivity index (χ3n) is 3.31. The summed E-state index contributed by atoms with van der Waals surface area (Å²) < 4.78 is 27.5. The van der Waals surface area contributed by atoms with E-state index >= 15 is 0 Å². The van der Waals surface area contributed by atoms with Gasteiger partial charge in [0, 0.05) is 42.8 Å². The molecule has 2 aromatic rings. The van der Waals surface area contributed by atoms with E-state index in [1.807, 2.05) is 6.07 Å². The number of pyridine rings is 1. The third-order valence-corrected chi connectivity index (χ3v) is 4.83. The highest BCUT2D eigenvalue weighted by Crippen LogP contribution is 2.21. The summed E-state index contributed by atoms with van der Waals surface area (Å²) in [6.07, 6.45) is 3.24. The minimum atomic E-state index is -3.56. The largest absolute Gasteiger partial charge is 0.355 e. The molecule has 1 aliphatic rings. The molecule has 7 nitrogen and oxygen atoms in total. The predicted molar refractivity (Wildman–Crippen MR) is 85.2 cm³/mol. The molecular weight excluding hydrogens is 302 g/mol. The van der Waals surface area contributed by atoms with Gasteiger partial charge in [0.1, 0.15) is 0 Å². The lowest BCUT2D eigenvalue weighted by Crippen LogP contribution is -2.39. The molecule has 0 amide bonds. The second kappa shape index (κ2) is 6.29. The van der Waals surface area contributed by atoms with Crippen molar-refractivity contribution in [2.45, 2.75) is 4.90 Å². The number of aliphatic imine (C=N–C) groups is 1. The number of hydrogen-bond acceptors (Lipinski definition) is 6. The van der Waals surface area contributed by atoms with E-state index in [1.54, 1.807) is 30.6 Å². The molecule has 1 aromatic carbocycles. The number of benzene rings is 1. The maximum atomic E-state index is 12.4. The van der Waals surface area contributed by atoms with Gasteiger partial charge in [-0.2, -0.15) is 0 Å². The first-order valence-corrected chi connectivity index (χ1v) is 8.50. The fraction of sp³-hybridized carbons (Fsp3) is 0.286. The van der Waals surface area contributed by atoms with Crippen molar-refractivity contribution >= 4 is 26.8 Å². The Morgan fingerprint density at radius 1 is 1.23 bits per heavy atom. The van der Waals surface area contributed by atoms with Gasteiger partial charge in [-0.05, 0) is 12.1 Å². The number of hydrogen-bond donors (Lipinski definition) is 3. The minimum absolute atomic E-state index is 0.267. The van der Waals surface area contributed by atoms with Gasteiger partial charge in [-0.25, -0.2) is 13.1 Å². The van der Waals surface area contributed by atoms with Crippen LogP contribution in [0.3, 0.4) is 0 Å². The van der Waals surface area contributed by atoms with E-state index < -0.39 is 10.0 Å². The molecule has 0 fully saturated rings. The minimum Gasteiger partial charge on any atom is -0.355 e. The summed E-state index contributed by atoms with van der Waals surface area (Å²) in [5, 5.41) is 7.58. The third kappa shape index (κ3) is 3.18. The fourth-order valence-electron chi connectivity index (χ4n) is 2.29. The van der Waals surface area contributed by atoms with E-state index in [2.05, 4.69) is 25.3 Å². The Labute approximate surface area is 128 Å². The van der Waals surface area contributed by atoms with E-state index in [-0.39, 0.29) is 11.4 Å². The lowest BCUT2D eigenvalue weighted by Gasteiger charge is -2.10. The van der Waals surface area contributed by atoms with Gasteiger partial charge in [-0.3, -0.25) is 9.98 Å². The number of sulfonamides is 1. The van der Waals surface area contributed by atoms with Gasteiger partial charge < -0.3 is 10.6 Å². The molecule has 3 N–H and O–H groups in total. The molecule has 3 rings (SSSR count). The summed E-state index contributed by atoms with van der Waals surface area (Å²) in [5.41, 5.74) is 0. The van der Waals surface area contributed by atoms with Gasteiger partial charge in [0.05, 0.1) is 11.4 Å². The van der Waals surface area contributed by atoms with Gasteiger partial charge in [-0.1, -0.05) is 12.1 Å². The lowest BCUT2D eigenvalue weighted by molar-refractivity contribution is 0.581. The summed E-state index contributed by atoms with van der Waals surface area (Å²) in [5.74, 6) is 0.718. The van der Waals surface area contributed by atoms with Crippen molar-refractivity contribution in [3.8, 4) is 0 Å². The van der Waals surface area contributed by atoms with Gasteiger partial charge in [-0.15, -0.1) is 0 Å². The average molecular weight is 319 g/mol. The van der Waals surface area contributed by atoms with Crippen LogP contribution in [0.2, 0.25) is 0 Å². The standard InChI is InChI=1S/C14H17N5O2S/c20-22(21,19-9-8-18-14-16-6-7-17-14)13-3-1-2-11-10-15-5-4-12(11)13/h1-5,10,19H,6-9H2,(H2,16,17,18). The van der Waals surface area contributed by atoms with Crippen molar-refractivity contribution in [2.24, 2.45) is 4.99 Å². The zero-order chi connectivity index (χ0) is 15.4. The van der Waals surface area contributed by atoms with Crippen LogP contribution in [0.4, 0.5) is 0 Å². The van der Waals surface area contributed by atoms with E-state index in [0.717, 1.165) is 24.4 Å². The van der Waals surface area contributed by atoms with E-state index in [9.17, 15) is 8.42 Å². The summed E-state index contributed by atoms with van der Waals surface area (Å²) >= 11 is 0. The predicted octanol–water partition coefficient (Wildman–Crippen LogP) is 0.0619. The van der Waals surface area contributed by atoms with Crippen LogP contribution in [-0.4, -0.2) is 45.5 Å². The molecule has 0 radical (unpaired) electrons. The molecule has 0 aliphatic carbocycles. The quantitative estimate of drug-likeness (QED) is 0.678. The Bertz CT molecular complexity index is 798. The zero-order valence-electron chi connectivity index (χ0n) is 11.9. The van der Waals surface area contributed by atoms with Crippen molar-refractivity contribution in [3.63, 3.8) is 0 Å². The maximum Gasteiger partial charge on any atom is 0.241 e.